The molecule has 0 spiro atoms. The van der Waals surface area contributed by atoms with E-state index in [1.165, 1.54) is 69.7 Å². The maximum Gasteiger partial charge on any atom is 0.349 e. The van der Waals surface area contributed by atoms with Crippen LogP contribution >= 0.6 is 0 Å². The molecule has 4 nitrogen and oxygen atoms in total. The van der Waals surface area contributed by atoms with Crippen LogP contribution in [-0.2, 0) is 6.42 Å². The molecule has 1 heterocycles. The molecule has 1 aromatic heterocycles. The number of pyridine rings is 1. The summed E-state index contributed by atoms with van der Waals surface area (Å²) in [5.41, 5.74) is 1.41. The fraction of sp³-hybridized carbons (Fsp3) is 0.486. The summed E-state index contributed by atoms with van der Waals surface area (Å²) in [6.07, 6.45) is 17.5. The van der Waals surface area contributed by atoms with Crippen molar-refractivity contribution in [3.8, 4) is 22.8 Å². The number of esters is 1. The van der Waals surface area contributed by atoms with Gasteiger partial charge in [0.1, 0.15) is 28.7 Å². The summed E-state index contributed by atoms with van der Waals surface area (Å²) in [5.74, 6) is -1.98. The number of unbranched alkanes of at least 4 members (excludes halogenated alkanes) is 11. The molecule has 0 fully saturated rings. The molecular formula is C35H45F2NO3. The molecule has 0 aliphatic rings. The van der Waals surface area contributed by atoms with Gasteiger partial charge in [-0.2, -0.15) is 0 Å². The number of hydrogen-bond donors (Lipinski definition) is 0. The molecule has 0 bridgehead atoms. The van der Waals surface area contributed by atoms with E-state index < -0.39 is 23.2 Å². The molecule has 3 aromatic rings. The van der Waals surface area contributed by atoms with Crippen molar-refractivity contribution in [1.82, 2.24) is 4.98 Å². The Kier molecular flexibility index (Phi) is 14.3. The van der Waals surface area contributed by atoms with Crippen molar-refractivity contribution in [2.45, 2.75) is 104 Å². The lowest BCUT2D eigenvalue weighted by atomic mass is 10.0. The highest BCUT2D eigenvalue weighted by Gasteiger charge is 2.21. The van der Waals surface area contributed by atoms with Gasteiger partial charge in [0.2, 0.25) is 0 Å². The minimum Gasteiger partial charge on any atom is -0.494 e. The van der Waals surface area contributed by atoms with E-state index in [2.05, 4.69) is 18.8 Å². The average molecular weight is 566 g/mol. The van der Waals surface area contributed by atoms with Crippen molar-refractivity contribution in [3.05, 3.63) is 77.5 Å². The number of hydrogen-bond acceptors (Lipinski definition) is 4. The Labute approximate surface area is 244 Å². The first kappa shape index (κ1) is 32.2. The van der Waals surface area contributed by atoms with Crippen LogP contribution in [0.25, 0.3) is 11.3 Å². The summed E-state index contributed by atoms with van der Waals surface area (Å²) in [5, 5.41) is 0. The fourth-order valence-corrected chi connectivity index (χ4v) is 4.82. The molecule has 0 unspecified atom stereocenters. The smallest absolute Gasteiger partial charge is 0.349 e. The Morgan fingerprint density at radius 1 is 0.707 bits per heavy atom. The largest absolute Gasteiger partial charge is 0.494 e. The van der Waals surface area contributed by atoms with Gasteiger partial charge >= 0.3 is 5.97 Å². The number of nitrogens with zero attached hydrogens (tertiary/aromatic N) is 1. The molecule has 41 heavy (non-hydrogen) atoms. The number of carbonyl (C=O) groups is 1. The molecule has 0 atom stereocenters. The predicted octanol–water partition coefficient (Wildman–Crippen LogP) is 10.3. The van der Waals surface area contributed by atoms with Gasteiger partial charge in [-0.25, -0.2) is 13.6 Å². The lowest BCUT2D eigenvalue weighted by molar-refractivity contribution is 0.0724. The van der Waals surface area contributed by atoms with Crippen LogP contribution in [0.5, 0.6) is 11.5 Å². The fourth-order valence-electron chi connectivity index (χ4n) is 4.82. The van der Waals surface area contributed by atoms with Crippen molar-refractivity contribution in [1.29, 1.82) is 0 Å². The third-order valence-electron chi connectivity index (χ3n) is 7.24. The van der Waals surface area contributed by atoms with Crippen molar-refractivity contribution in [3.63, 3.8) is 0 Å². The number of halogens is 2. The SMILES string of the molecule is CCCCCCCCCCCOc1ccc(-c2ccc(OC(=O)c3c(F)cc(CCCCCC)cc3F)cn2)cc1. The predicted molar refractivity (Wildman–Crippen MR) is 162 cm³/mol. The van der Waals surface area contributed by atoms with Crippen LogP contribution in [0.15, 0.2) is 54.7 Å². The second-order valence-electron chi connectivity index (χ2n) is 10.7. The quantitative estimate of drug-likeness (QED) is 0.107. The van der Waals surface area contributed by atoms with Crippen molar-refractivity contribution in [2.24, 2.45) is 0 Å². The van der Waals surface area contributed by atoms with E-state index in [4.69, 9.17) is 9.47 Å². The van der Waals surface area contributed by atoms with E-state index in [1.807, 2.05) is 24.3 Å². The second kappa shape index (κ2) is 18.2. The number of aryl methyl sites for hydroxylation is 1. The standard InChI is InChI=1S/C35H45F2NO3/c1-3-5-7-9-10-11-12-13-15-23-40-29-19-17-28(18-20-29)33-22-21-30(26-38-33)41-35(39)34-31(36)24-27(25-32(34)37)16-14-8-6-4-2/h17-22,24-26H,3-16,23H2,1-2H3. The molecule has 0 aliphatic heterocycles. The molecule has 0 N–H and O–H groups in total. The van der Waals surface area contributed by atoms with Gasteiger partial charge in [0, 0.05) is 5.56 Å². The Hall–Kier alpha value is -3.28. The summed E-state index contributed by atoms with van der Waals surface area (Å²) in [7, 11) is 0. The lowest BCUT2D eigenvalue weighted by Gasteiger charge is -2.09. The van der Waals surface area contributed by atoms with Crippen LogP contribution in [0, 0.1) is 11.6 Å². The van der Waals surface area contributed by atoms with Gasteiger partial charge in [-0.05, 0) is 73.4 Å². The highest BCUT2D eigenvalue weighted by molar-refractivity contribution is 5.91. The zero-order valence-corrected chi connectivity index (χ0v) is 24.7. The molecule has 2 aromatic carbocycles. The zero-order valence-electron chi connectivity index (χ0n) is 24.7. The van der Waals surface area contributed by atoms with Crippen LogP contribution in [0.4, 0.5) is 8.78 Å². The van der Waals surface area contributed by atoms with E-state index in [0.717, 1.165) is 43.4 Å². The molecule has 0 saturated heterocycles. The van der Waals surface area contributed by atoms with Gasteiger partial charge in [0.05, 0.1) is 18.5 Å². The molecule has 6 heteroatoms. The Bertz CT molecular complexity index is 1160. The molecule has 0 radical (unpaired) electrons. The van der Waals surface area contributed by atoms with Crippen molar-refractivity contribution >= 4 is 5.97 Å². The Morgan fingerprint density at radius 2 is 1.27 bits per heavy atom. The highest BCUT2D eigenvalue weighted by Crippen LogP contribution is 2.24. The average Bonchev–Trinajstić information content (AvgIpc) is 2.97. The van der Waals surface area contributed by atoms with E-state index >= 15 is 0 Å². The van der Waals surface area contributed by atoms with Gasteiger partial charge in [-0.1, -0.05) is 84.5 Å². The minimum atomic E-state index is -1.08. The lowest BCUT2D eigenvalue weighted by Crippen LogP contribution is -2.14. The summed E-state index contributed by atoms with van der Waals surface area (Å²) in [6.45, 7) is 5.06. The van der Waals surface area contributed by atoms with Crippen LogP contribution in [0.3, 0.4) is 0 Å². The van der Waals surface area contributed by atoms with Crippen LogP contribution in [-0.4, -0.2) is 17.6 Å². The van der Waals surface area contributed by atoms with Crippen molar-refractivity contribution in [2.75, 3.05) is 6.61 Å². The Balaban J connectivity index is 1.44. The van der Waals surface area contributed by atoms with Gasteiger partial charge in [-0.15, -0.1) is 0 Å². The van der Waals surface area contributed by atoms with Gasteiger partial charge in [0.25, 0.3) is 0 Å². The third-order valence-corrected chi connectivity index (χ3v) is 7.24. The van der Waals surface area contributed by atoms with Crippen molar-refractivity contribution < 1.29 is 23.0 Å². The zero-order chi connectivity index (χ0) is 29.3. The summed E-state index contributed by atoms with van der Waals surface area (Å²) < 4.78 is 40.3. The number of aromatic nitrogens is 1. The number of rotatable bonds is 19. The number of ether oxygens (including phenoxy) is 2. The maximum absolute atomic E-state index is 14.6. The maximum atomic E-state index is 14.6. The Morgan fingerprint density at radius 3 is 1.85 bits per heavy atom. The summed E-state index contributed by atoms with van der Waals surface area (Å²) in [4.78, 5) is 16.9. The molecular weight excluding hydrogens is 520 g/mol. The summed E-state index contributed by atoms with van der Waals surface area (Å²) in [6, 6.07) is 13.4. The van der Waals surface area contributed by atoms with E-state index in [9.17, 15) is 13.6 Å². The van der Waals surface area contributed by atoms with E-state index in [-0.39, 0.29) is 5.75 Å². The van der Waals surface area contributed by atoms with Crippen LogP contribution in [0.1, 0.15) is 113 Å². The van der Waals surface area contributed by atoms with Gasteiger partial charge < -0.3 is 9.47 Å². The molecule has 222 valence electrons. The molecule has 0 saturated carbocycles. The third kappa shape index (κ3) is 11.3. The topological polar surface area (TPSA) is 48.4 Å². The van der Waals surface area contributed by atoms with E-state index in [1.54, 1.807) is 12.1 Å². The van der Waals surface area contributed by atoms with E-state index in [0.29, 0.717) is 24.3 Å². The second-order valence-corrected chi connectivity index (χ2v) is 10.7. The van der Waals surface area contributed by atoms with Crippen LogP contribution in [0.2, 0.25) is 0 Å². The van der Waals surface area contributed by atoms with Gasteiger partial charge in [0.15, 0.2) is 0 Å². The summed E-state index contributed by atoms with van der Waals surface area (Å²) >= 11 is 0. The van der Waals surface area contributed by atoms with Crippen LogP contribution < -0.4 is 9.47 Å². The molecule has 0 amide bonds. The normalized spacial score (nSPS) is 11.0. The number of benzene rings is 2. The molecule has 0 aliphatic carbocycles. The first-order chi connectivity index (χ1) is 20.0. The van der Waals surface area contributed by atoms with Gasteiger partial charge in [-0.3, -0.25) is 4.98 Å². The first-order valence-corrected chi connectivity index (χ1v) is 15.4. The first-order valence-electron chi connectivity index (χ1n) is 15.4. The minimum absolute atomic E-state index is 0.113. The monoisotopic (exact) mass is 565 g/mol. The highest BCUT2D eigenvalue weighted by atomic mass is 19.1. The molecule has 3 rings (SSSR count). The number of carbonyl (C=O) groups excluding carboxylic acids is 1.